The molecule has 0 fully saturated rings. The first kappa shape index (κ1) is 99.3. The van der Waals surface area contributed by atoms with Crippen LogP contribution in [0.1, 0.15) is 94.3 Å². The molecule has 127 heavy (non-hydrogen) atoms. The molecule has 0 radical (unpaired) electrons. The molecular weight excluding hydrogens is 2360 g/mol. The number of hydrogen-bond donors (Lipinski definition) is 1. The van der Waals surface area contributed by atoms with Gasteiger partial charge in [0.2, 0.25) is 0 Å². The first-order valence-corrected chi connectivity index (χ1v) is 58.8. The van der Waals surface area contributed by atoms with Crippen molar-refractivity contribution in [2.45, 2.75) is 106 Å². The number of nitrogens with zero attached hydrogens (tertiary/aromatic N) is 2. The van der Waals surface area contributed by atoms with Gasteiger partial charge in [-0.3, -0.25) is 10.1 Å². The van der Waals surface area contributed by atoms with Gasteiger partial charge in [0.05, 0.1) is 37.4 Å². The van der Waals surface area contributed by atoms with E-state index in [1.54, 1.807) is 17.8 Å². The number of benzene rings is 14. The van der Waals surface area contributed by atoms with Crippen LogP contribution in [0.2, 0.25) is 0 Å². The normalized spacial score (nSPS) is 11.5. The maximum atomic E-state index is 11.1. The van der Waals surface area contributed by atoms with Gasteiger partial charge in [-0.05, 0) is 267 Å². The third kappa shape index (κ3) is 32.6. The summed E-state index contributed by atoms with van der Waals surface area (Å²) in [5.74, 6) is 5.05. The molecule has 0 aliphatic heterocycles. The van der Waals surface area contributed by atoms with Gasteiger partial charge in [-0.15, -0.1) is 153 Å². The van der Waals surface area contributed by atoms with Crippen LogP contribution in [0.5, 0.6) is 0 Å². The predicted molar refractivity (Wildman–Crippen MR) is 593 cm³/mol. The topological polar surface area (TPSA) is 56.0 Å². The molecule has 0 spiro atoms. The lowest BCUT2D eigenvalue weighted by Gasteiger charge is -2.20. The van der Waals surface area contributed by atoms with Crippen LogP contribution in [-0.4, -0.2) is 9.91 Å². The molecule has 4 nitrogen and oxygen atoms in total. The van der Waals surface area contributed by atoms with Crippen molar-refractivity contribution in [3.05, 3.63) is 471 Å². The minimum atomic E-state index is -0.420. The van der Waals surface area contributed by atoms with E-state index in [4.69, 9.17) is 0 Å². The number of thiol groups is 1. The number of aromatic nitrogens is 1. The molecule has 1 heterocycles. The largest absolute Gasteiger partial charge is 0.287 e. The Kier molecular flexibility index (Phi) is 40.6. The Morgan fingerprint density at radius 1 is 0.244 bits per heavy atom. The van der Waals surface area contributed by atoms with E-state index in [2.05, 4.69) is 485 Å². The summed E-state index contributed by atoms with van der Waals surface area (Å²) < 4.78 is 9.93. The minimum Gasteiger partial charge on any atom is -0.258 e. The number of pyridine rings is 1. The van der Waals surface area contributed by atoms with Gasteiger partial charge in [-0.25, -0.2) is 4.98 Å². The molecule has 0 aliphatic rings. The molecular formula is C101H78Br8N2O2S14. The van der Waals surface area contributed by atoms with Crippen molar-refractivity contribution in [1.82, 2.24) is 4.98 Å². The maximum absolute atomic E-state index is 11.1. The average molecular weight is 2440 g/mol. The molecule has 26 heteroatoms. The standard InChI is InChI=1S/C53H40Br4N2O2S7.C48H38Br4S7/c54-41-13-22-46(23-14-41)65-52(66-47-24-15-42(55)16-25-47)39-9-3-36(4-10-39)33-63-51(38-7-1-35(2-8-38)32-62-50-30-21-45(31-58-50)59(60)61)64-34-37-5-11-40(12-6-37)53(67-48-26-17-43(56)18-27-48)68-49-28-19-44(57)20-29-49;49-38-13-21-42(22-14-38)56-47(57-43-23-15-39(50)16-24-43)36-9-3-33(4-10-36)30-54-46(35-7-1-32(29-53)2-8-35)55-31-34-5-11-37(12-6-34)48(58-44-25-17-40(51)18-26-44)59-45-27-19-41(52)20-28-45/h1-31,51-53H,32-34H2;1-28,46-48,53H,29-31H2. The first-order chi connectivity index (χ1) is 61.8. The number of halogens is 8. The van der Waals surface area contributed by atoms with Crippen molar-refractivity contribution >= 4 is 299 Å². The molecule has 0 saturated heterocycles. The van der Waals surface area contributed by atoms with Gasteiger partial charge < -0.3 is 0 Å². The van der Waals surface area contributed by atoms with Crippen molar-refractivity contribution in [3.63, 3.8) is 0 Å². The summed E-state index contributed by atoms with van der Waals surface area (Å²) in [5, 5.41) is 11.9. The van der Waals surface area contributed by atoms with Crippen LogP contribution in [0, 0.1) is 10.1 Å². The van der Waals surface area contributed by atoms with Crippen LogP contribution in [0.4, 0.5) is 5.69 Å². The summed E-state index contributed by atoms with van der Waals surface area (Å²) in [4.78, 5) is 24.9. The molecule has 0 atom stereocenters. The van der Waals surface area contributed by atoms with Gasteiger partial charge in [0.25, 0.3) is 5.69 Å². The van der Waals surface area contributed by atoms with Crippen LogP contribution in [0.15, 0.2) is 438 Å². The molecule has 1 aromatic heterocycles. The van der Waals surface area contributed by atoms with Gasteiger partial charge in [0, 0.05) is 116 Å². The zero-order valence-electron chi connectivity index (χ0n) is 67.3. The Balaban J connectivity index is 0.000000208. The Labute approximate surface area is 873 Å². The molecule has 644 valence electrons. The predicted octanol–water partition coefficient (Wildman–Crippen LogP) is 39.6. The molecule has 0 aliphatic carbocycles. The lowest BCUT2D eigenvalue weighted by atomic mass is 10.2. The van der Waals surface area contributed by atoms with Gasteiger partial charge in [0.15, 0.2) is 0 Å². The zero-order valence-corrected chi connectivity index (χ0v) is 91.5. The number of hydrogen-bond acceptors (Lipinski definition) is 17. The van der Waals surface area contributed by atoms with Crippen LogP contribution >= 0.6 is 293 Å². The average Bonchev–Trinajstić information content (AvgIpc) is 0.850. The highest BCUT2D eigenvalue weighted by Gasteiger charge is 2.24. The van der Waals surface area contributed by atoms with Crippen molar-refractivity contribution in [2.24, 2.45) is 0 Å². The van der Waals surface area contributed by atoms with Gasteiger partial charge in [-0.1, -0.05) is 273 Å². The SMILES string of the molecule is O=[N+]([O-])c1ccc(SCc2ccc(C(SCc3ccc(C(Sc4ccc(Br)cc4)Sc4ccc(Br)cc4)cc3)SCc3ccc(C(Sc4ccc(Br)cc4)Sc4ccc(Br)cc4)cc3)cc2)nc1.SCc1ccc(C(SCc2ccc(C(Sc3ccc(Br)cc3)Sc3ccc(Br)cc3)cc2)SCc2ccc(C(Sc3ccc(Br)cc3)Sc3ccc(Br)cc3)cc2)cc1. The lowest BCUT2D eigenvalue weighted by molar-refractivity contribution is -0.385. The van der Waals surface area contributed by atoms with E-state index in [1.165, 1.54) is 118 Å². The molecule has 14 aromatic carbocycles. The number of nitro groups is 1. The van der Waals surface area contributed by atoms with E-state index in [1.807, 2.05) is 141 Å². The lowest BCUT2D eigenvalue weighted by Crippen LogP contribution is -1.95. The molecule has 0 unspecified atom stereocenters. The maximum Gasteiger partial charge on any atom is 0.287 e. The van der Waals surface area contributed by atoms with E-state index in [-0.39, 0.29) is 33.2 Å². The van der Waals surface area contributed by atoms with Crippen LogP contribution in [0.3, 0.4) is 0 Å². The summed E-state index contributed by atoms with van der Waals surface area (Å²) in [6.07, 6.45) is 1.32. The van der Waals surface area contributed by atoms with Gasteiger partial charge >= 0.3 is 0 Å². The van der Waals surface area contributed by atoms with Crippen molar-refractivity contribution in [3.8, 4) is 0 Å². The highest BCUT2D eigenvalue weighted by molar-refractivity contribution is 9.11. The second-order valence-electron chi connectivity index (χ2n) is 28.3. The minimum absolute atomic E-state index is 0.00198. The van der Waals surface area contributed by atoms with E-state index < -0.39 is 4.92 Å². The fourth-order valence-electron chi connectivity index (χ4n) is 12.3. The van der Waals surface area contributed by atoms with Crippen molar-refractivity contribution in [1.29, 1.82) is 0 Å². The fraction of sp³-hybridized carbons (Fsp3) is 0.119. The van der Waals surface area contributed by atoms with Crippen molar-refractivity contribution < 1.29 is 4.92 Å². The first-order valence-electron chi connectivity index (χ1n) is 39.6. The summed E-state index contributed by atoms with van der Waals surface area (Å²) in [5.41, 5.74) is 15.4. The van der Waals surface area contributed by atoms with Crippen LogP contribution < -0.4 is 0 Å². The Morgan fingerprint density at radius 3 is 0.614 bits per heavy atom. The van der Waals surface area contributed by atoms with E-state index >= 15 is 0 Å². The number of thioether (sulfide) groups is 13. The third-order valence-electron chi connectivity index (χ3n) is 19.1. The molecule has 0 N–H and O–H groups in total. The van der Waals surface area contributed by atoms with E-state index in [0.717, 1.165) is 75.3 Å². The third-order valence-corrected chi connectivity index (χ3v) is 41.2. The van der Waals surface area contributed by atoms with E-state index in [9.17, 15) is 10.1 Å². The summed E-state index contributed by atoms with van der Waals surface area (Å²) in [7, 11) is 0. The summed E-state index contributed by atoms with van der Waals surface area (Å²) in [6, 6.07) is 127. The zero-order chi connectivity index (χ0) is 88.2. The van der Waals surface area contributed by atoms with Crippen molar-refractivity contribution in [2.75, 3.05) is 0 Å². The Hall–Kier alpha value is -3.63. The summed E-state index contributed by atoms with van der Waals surface area (Å²) >= 11 is 57.8. The van der Waals surface area contributed by atoms with Crippen LogP contribution in [0.25, 0.3) is 0 Å². The Bertz CT molecular complexity index is 5440. The molecule has 0 saturated carbocycles. The molecule has 0 amide bonds. The van der Waals surface area contributed by atoms with Crippen LogP contribution in [-0.2, 0) is 34.5 Å². The van der Waals surface area contributed by atoms with Gasteiger partial charge in [-0.2, -0.15) is 12.6 Å². The smallest absolute Gasteiger partial charge is 0.258 e. The number of rotatable bonds is 39. The molecule has 15 aromatic rings. The fourth-order valence-corrected chi connectivity index (χ4v) is 30.6. The second-order valence-corrected chi connectivity index (χ2v) is 52.5. The molecule has 15 rings (SSSR count). The second kappa shape index (κ2) is 51.9. The Morgan fingerprint density at radius 2 is 0.433 bits per heavy atom. The highest BCUT2D eigenvalue weighted by atomic mass is 79.9. The monoisotopic (exact) mass is 2430 g/mol. The highest BCUT2D eigenvalue weighted by Crippen LogP contribution is 2.54. The quantitative estimate of drug-likeness (QED) is 0.0131. The van der Waals surface area contributed by atoms with Gasteiger partial charge in [0.1, 0.15) is 6.20 Å². The summed E-state index contributed by atoms with van der Waals surface area (Å²) in [6.45, 7) is 0. The van der Waals surface area contributed by atoms with E-state index in [0.29, 0.717) is 0 Å². The molecule has 0 bridgehead atoms.